The molecule has 0 amide bonds. The molecule has 1 N–H and O–H groups in total. The molecule has 0 aromatic heterocycles. The number of anilines is 1. The Morgan fingerprint density at radius 3 is 2.95 bits per heavy atom. The van der Waals surface area contributed by atoms with Crippen LogP contribution in [0.4, 0.5) is 5.69 Å². The Balaban J connectivity index is 1.71. The summed E-state index contributed by atoms with van der Waals surface area (Å²) in [5.41, 5.74) is 2.37. The molecule has 2 nitrogen and oxygen atoms in total. The Morgan fingerprint density at radius 2 is 2.10 bits per heavy atom. The highest BCUT2D eigenvalue weighted by molar-refractivity contribution is 9.10. The van der Waals surface area contributed by atoms with Crippen LogP contribution in [0, 0.1) is 0 Å². The van der Waals surface area contributed by atoms with Crippen LogP contribution in [0.25, 0.3) is 0 Å². The first-order valence-electron chi connectivity index (χ1n) is 6.64. The first kappa shape index (κ1) is 13.8. The van der Waals surface area contributed by atoms with Crippen molar-refractivity contribution in [1.29, 1.82) is 0 Å². The molecule has 20 heavy (non-hydrogen) atoms. The third kappa shape index (κ3) is 2.94. The van der Waals surface area contributed by atoms with E-state index in [-0.39, 0.29) is 0 Å². The van der Waals surface area contributed by atoms with Gasteiger partial charge in [-0.05, 0) is 52.2 Å². The lowest BCUT2D eigenvalue weighted by Gasteiger charge is -2.26. The Bertz CT molecular complexity index is 617. The maximum Gasteiger partial charge on any atom is 0.122 e. The van der Waals surface area contributed by atoms with Crippen LogP contribution in [-0.2, 0) is 0 Å². The number of hydrogen-bond donors (Lipinski definition) is 1. The van der Waals surface area contributed by atoms with Crippen molar-refractivity contribution >= 4 is 33.2 Å². The molecule has 4 heteroatoms. The highest BCUT2D eigenvalue weighted by Gasteiger charge is 2.20. The summed E-state index contributed by atoms with van der Waals surface area (Å²) in [7, 11) is 0. The van der Waals surface area contributed by atoms with Gasteiger partial charge in [-0.25, -0.2) is 0 Å². The number of fused-ring (bicyclic) bond motifs is 1. The van der Waals surface area contributed by atoms with Gasteiger partial charge in [0.15, 0.2) is 0 Å². The Labute approximate surface area is 132 Å². The normalized spacial score (nSPS) is 17.2. The van der Waals surface area contributed by atoms with Crippen molar-refractivity contribution in [2.45, 2.75) is 12.3 Å². The molecule has 2 aromatic rings. The van der Waals surface area contributed by atoms with Gasteiger partial charge in [-0.2, -0.15) is 0 Å². The zero-order valence-electron chi connectivity index (χ0n) is 10.9. The molecular formula is C16H15BrClNO. The van der Waals surface area contributed by atoms with Gasteiger partial charge in [0.1, 0.15) is 5.75 Å². The molecule has 1 aliphatic heterocycles. The molecule has 104 valence electrons. The van der Waals surface area contributed by atoms with Crippen LogP contribution in [0.2, 0.25) is 5.02 Å². The van der Waals surface area contributed by atoms with Crippen LogP contribution in [0.15, 0.2) is 46.9 Å². The Morgan fingerprint density at radius 1 is 1.25 bits per heavy atom. The molecule has 3 rings (SSSR count). The standard InChI is InChI=1S/C16H15BrClNO/c17-14-9-12(5-6-15(14)18)19-10-11-7-8-20-16-4-2-1-3-13(11)16/h1-6,9,11,19H,7-8,10H2. The van der Waals surface area contributed by atoms with Gasteiger partial charge in [-0.3, -0.25) is 0 Å². The summed E-state index contributed by atoms with van der Waals surface area (Å²) in [6.45, 7) is 1.68. The first-order chi connectivity index (χ1) is 9.74. The number of hydrogen-bond acceptors (Lipinski definition) is 2. The van der Waals surface area contributed by atoms with E-state index in [4.69, 9.17) is 16.3 Å². The third-order valence-corrected chi connectivity index (χ3v) is 4.77. The second-order valence-electron chi connectivity index (χ2n) is 4.88. The fourth-order valence-corrected chi connectivity index (χ4v) is 2.97. The van der Waals surface area contributed by atoms with Gasteiger partial charge in [0.2, 0.25) is 0 Å². The average Bonchev–Trinajstić information content (AvgIpc) is 2.48. The van der Waals surface area contributed by atoms with E-state index < -0.39 is 0 Å². The summed E-state index contributed by atoms with van der Waals surface area (Å²) in [6, 6.07) is 14.2. The van der Waals surface area contributed by atoms with E-state index in [0.717, 1.165) is 40.5 Å². The first-order valence-corrected chi connectivity index (χ1v) is 7.82. The molecule has 1 heterocycles. The van der Waals surface area contributed by atoms with Crippen LogP contribution in [-0.4, -0.2) is 13.2 Å². The molecule has 0 radical (unpaired) electrons. The highest BCUT2D eigenvalue weighted by Crippen LogP contribution is 2.33. The smallest absolute Gasteiger partial charge is 0.122 e. The number of nitrogens with one attached hydrogen (secondary N) is 1. The van der Waals surface area contributed by atoms with Gasteiger partial charge in [0.25, 0.3) is 0 Å². The van der Waals surface area contributed by atoms with E-state index in [1.54, 1.807) is 0 Å². The Hall–Kier alpha value is -1.19. The summed E-state index contributed by atoms with van der Waals surface area (Å²) < 4.78 is 6.60. The largest absolute Gasteiger partial charge is 0.493 e. The topological polar surface area (TPSA) is 21.3 Å². The molecule has 1 unspecified atom stereocenters. The molecular weight excluding hydrogens is 338 g/mol. The third-order valence-electron chi connectivity index (χ3n) is 3.55. The van der Waals surface area contributed by atoms with Crippen molar-refractivity contribution in [3.8, 4) is 5.75 Å². The van der Waals surface area contributed by atoms with Crippen LogP contribution < -0.4 is 10.1 Å². The minimum atomic E-state index is 0.481. The molecule has 0 saturated heterocycles. The average molecular weight is 353 g/mol. The lowest BCUT2D eigenvalue weighted by Crippen LogP contribution is -2.20. The van der Waals surface area contributed by atoms with E-state index in [0.29, 0.717) is 5.92 Å². The SMILES string of the molecule is Clc1ccc(NCC2CCOc3ccccc32)cc1Br. The quantitative estimate of drug-likeness (QED) is 0.831. The second kappa shape index (κ2) is 6.06. The molecule has 1 atom stereocenters. The lowest BCUT2D eigenvalue weighted by atomic mass is 9.93. The van der Waals surface area contributed by atoms with Gasteiger partial charge in [-0.15, -0.1) is 0 Å². The number of halogens is 2. The van der Waals surface area contributed by atoms with Gasteiger partial charge < -0.3 is 10.1 Å². The van der Waals surface area contributed by atoms with Crippen molar-refractivity contribution in [1.82, 2.24) is 0 Å². The molecule has 0 fully saturated rings. The predicted octanol–water partition coefficient (Wildman–Crippen LogP) is 5.08. The number of ether oxygens (including phenoxy) is 1. The summed E-state index contributed by atoms with van der Waals surface area (Å²) in [5.74, 6) is 1.50. The van der Waals surface area contributed by atoms with Crippen LogP contribution in [0.3, 0.4) is 0 Å². The van der Waals surface area contributed by atoms with Crippen LogP contribution in [0.5, 0.6) is 5.75 Å². The molecule has 0 spiro atoms. The second-order valence-corrected chi connectivity index (χ2v) is 6.14. The molecule has 0 aliphatic carbocycles. The van der Waals surface area contributed by atoms with Crippen molar-refractivity contribution < 1.29 is 4.74 Å². The van der Waals surface area contributed by atoms with E-state index in [2.05, 4.69) is 33.4 Å². The zero-order valence-corrected chi connectivity index (χ0v) is 13.2. The molecule has 2 aromatic carbocycles. The van der Waals surface area contributed by atoms with Gasteiger partial charge in [0.05, 0.1) is 11.6 Å². The fraction of sp³-hybridized carbons (Fsp3) is 0.250. The van der Waals surface area contributed by atoms with E-state index in [1.807, 2.05) is 30.3 Å². The zero-order chi connectivity index (χ0) is 13.9. The molecule has 0 saturated carbocycles. The number of benzene rings is 2. The number of rotatable bonds is 3. The summed E-state index contributed by atoms with van der Waals surface area (Å²) in [5, 5.41) is 4.21. The van der Waals surface area contributed by atoms with Crippen LogP contribution >= 0.6 is 27.5 Å². The van der Waals surface area contributed by atoms with E-state index >= 15 is 0 Å². The van der Waals surface area contributed by atoms with Crippen LogP contribution in [0.1, 0.15) is 17.9 Å². The predicted molar refractivity (Wildman–Crippen MR) is 86.9 cm³/mol. The van der Waals surface area contributed by atoms with Crippen molar-refractivity contribution in [2.75, 3.05) is 18.5 Å². The summed E-state index contributed by atoms with van der Waals surface area (Å²) >= 11 is 9.45. The van der Waals surface area contributed by atoms with Gasteiger partial charge >= 0.3 is 0 Å². The molecule has 1 aliphatic rings. The van der Waals surface area contributed by atoms with Gasteiger partial charge in [0, 0.05) is 22.6 Å². The maximum absolute atomic E-state index is 6.01. The minimum Gasteiger partial charge on any atom is -0.493 e. The molecule has 0 bridgehead atoms. The highest BCUT2D eigenvalue weighted by atomic mass is 79.9. The monoisotopic (exact) mass is 351 g/mol. The van der Waals surface area contributed by atoms with Crippen molar-refractivity contribution in [3.05, 3.63) is 57.5 Å². The maximum atomic E-state index is 6.01. The number of para-hydroxylation sites is 1. The lowest BCUT2D eigenvalue weighted by molar-refractivity contribution is 0.270. The van der Waals surface area contributed by atoms with Crippen molar-refractivity contribution in [2.24, 2.45) is 0 Å². The fourth-order valence-electron chi connectivity index (χ4n) is 2.48. The van der Waals surface area contributed by atoms with E-state index in [9.17, 15) is 0 Å². The van der Waals surface area contributed by atoms with E-state index in [1.165, 1.54) is 5.56 Å². The minimum absolute atomic E-state index is 0.481. The van der Waals surface area contributed by atoms with Crippen molar-refractivity contribution in [3.63, 3.8) is 0 Å². The Kier molecular flexibility index (Phi) is 4.18. The van der Waals surface area contributed by atoms with Gasteiger partial charge in [-0.1, -0.05) is 29.8 Å². The summed E-state index contributed by atoms with van der Waals surface area (Å²) in [6.07, 6.45) is 1.04. The summed E-state index contributed by atoms with van der Waals surface area (Å²) in [4.78, 5) is 0.